The molecule has 0 bridgehead atoms. The van der Waals surface area contributed by atoms with Crippen molar-refractivity contribution in [2.75, 3.05) is 12.4 Å². The van der Waals surface area contributed by atoms with Crippen molar-refractivity contribution < 1.29 is 55.7 Å². The molecule has 0 fully saturated rings. The van der Waals surface area contributed by atoms with E-state index < -0.39 is 24.3 Å². The average molecular weight is 638 g/mol. The number of fused-ring (bicyclic) bond motifs is 1. The number of nitrogens with zero attached hydrogens (tertiary/aromatic N) is 5. The molecule has 12 nitrogen and oxygen atoms in total. The Morgan fingerprint density at radius 1 is 0.822 bits per heavy atom. The lowest BCUT2D eigenvalue weighted by Crippen LogP contribution is -2.21. The highest BCUT2D eigenvalue weighted by molar-refractivity contribution is 6.04. The van der Waals surface area contributed by atoms with Crippen molar-refractivity contribution in [2.24, 2.45) is 0 Å². The number of pyridine rings is 3. The van der Waals surface area contributed by atoms with Crippen molar-refractivity contribution in [3.05, 3.63) is 91.3 Å². The summed E-state index contributed by atoms with van der Waals surface area (Å²) in [5.74, 6) is -4.74. The Morgan fingerprint density at radius 3 is 2.02 bits per heavy atom. The Morgan fingerprint density at radius 2 is 1.44 bits per heavy atom. The molecular weight excluding hydrogens is 618 g/mol. The Balaban J connectivity index is 0.000000331. The van der Waals surface area contributed by atoms with Crippen LogP contribution in [0.3, 0.4) is 0 Å². The molecule has 5 rings (SSSR count). The highest BCUT2D eigenvalue weighted by Crippen LogP contribution is 2.24. The SMILES string of the molecule is COc1ncccc1NC(=O)c1ccnn1-c1ccc2ccc(-c3cccnc3)cn12.O=C(O)C(F)(F)F.O=C(O)C(F)(F)F. The van der Waals surface area contributed by atoms with Crippen molar-refractivity contribution in [1.29, 1.82) is 0 Å². The van der Waals surface area contributed by atoms with Gasteiger partial charge >= 0.3 is 24.3 Å². The number of carboxylic acids is 2. The van der Waals surface area contributed by atoms with Gasteiger partial charge in [-0.3, -0.25) is 9.78 Å². The number of ether oxygens (including phenoxy) is 1. The molecule has 45 heavy (non-hydrogen) atoms. The molecule has 5 aromatic rings. The lowest BCUT2D eigenvalue weighted by molar-refractivity contribution is -0.193. The van der Waals surface area contributed by atoms with Crippen LogP contribution in [0.25, 0.3) is 22.5 Å². The molecule has 0 aliphatic carbocycles. The van der Waals surface area contributed by atoms with E-state index in [4.69, 9.17) is 24.5 Å². The van der Waals surface area contributed by atoms with Gasteiger partial charge in [-0.2, -0.15) is 31.4 Å². The van der Waals surface area contributed by atoms with Gasteiger partial charge in [0.25, 0.3) is 5.91 Å². The summed E-state index contributed by atoms with van der Waals surface area (Å²) in [6.45, 7) is 0. The predicted octanol–water partition coefficient (Wildman–Crippen LogP) is 5.11. The van der Waals surface area contributed by atoms with Crippen LogP contribution in [0.1, 0.15) is 10.5 Å². The number of aromatic nitrogens is 5. The van der Waals surface area contributed by atoms with E-state index in [0.717, 1.165) is 22.5 Å². The number of carbonyl (C=O) groups excluding carboxylic acids is 1. The molecular formula is C27H20F6N6O6. The molecule has 0 aliphatic heterocycles. The third-order valence-electron chi connectivity index (χ3n) is 5.41. The average Bonchev–Trinajstić information content (AvgIpc) is 3.64. The number of anilines is 1. The Kier molecular flexibility index (Phi) is 10.5. The summed E-state index contributed by atoms with van der Waals surface area (Å²) in [7, 11) is 1.51. The van der Waals surface area contributed by atoms with Crippen LogP contribution >= 0.6 is 0 Å². The molecule has 0 aliphatic rings. The van der Waals surface area contributed by atoms with E-state index in [9.17, 15) is 31.1 Å². The Hall–Kier alpha value is -5.94. The van der Waals surface area contributed by atoms with Crippen LogP contribution in [0.4, 0.5) is 32.0 Å². The number of hydrogen-bond acceptors (Lipinski definition) is 7. The molecule has 0 radical (unpaired) electrons. The molecule has 1 amide bonds. The fourth-order valence-electron chi connectivity index (χ4n) is 3.46. The van der Waals surface area contributed by atoms with Crippen molar-refractivity contribution >= 4 is 29.0 Å². The minimum atomic E-state index is -5.08. The molecule has 0 spiro atoms. The topological polar surface area (TPSA) is 161 Å². The van der Waals surface area contributed by atoms with Gasteiger partial charge in [-0.05, 0) is 48.0 Å². The first-order valence-electron chi connectivity index (χ1n) is 12.1. The van der Waals surface area contributed by atoms with Crippen LogP contribution in [0, 0.1) is 0 Å². The molecule has 0 unspecified atom stereocenters. The monoisotopic (exact) mass is 638 g/mol. The molecule has 236 valence electrons. The molecule has 0 atom stereocenters. The Bertz CT molecular complexity index is 1760. The fraction of sp³-hybridized carbons (Fsp3) is 0.111. The molecule has 0 saturated carbocycles. The van der Waals surface area contributed by atoms with E-state index >= 15 is 0 Å². The van der Waals surface area contributed by atoms with Crippen molar-refractivity contribution in [3.8, 4) is 22.8 Å². The van der Waals surface area contributed by atoms with Gasteiger partial charge in [0.05, 0.1) is 13.3 Å². The molecule has 0 aromatic carbocycles. The van der Waals surface area contributed by atoms with E-state index in [2.05, 4.69) is 20.4 Å². The number of carboxylic acid groups (broad SMARTS) is 2. The second-order valence-electron chi connectivity index (χ2n) is 8.39. The van der Waals surface area contributed by atoms with Gasteiger partial charge in [-0.1, -0.05) is 12.1 Å². The second-order valence-corrected chi connectivity index (χ2v) is 8.39. The number of methoxy groups -OCH3 is 1. The summed E-state index contributed by atoms with van der Waals surface area (Å²) in [5.41, 5.74) is 3.88. The smallest absolute Gasteiger partial charge is 0.480 e. The summed E-state index contributed by atoms with van der Waals surface area (Å²) in [4.78, 5) is 39.1. The largest absolute Gasteiger partial charge is 0.490 e. The molecule has 5 aromatic heterocycles. The number of hydrogen-bond donors (Lipinski definition) is 3. The molecule has 3 N–H and O–H groups in total. The van der Waals surface area contributed by atoms with Crippen LogP contribution in [0.2, 0.25) is 0 Å². The fourth-order valence-corrected chi connectivity index (χ4v) is 3.46. The highest BCUT2D eigenvalue weighted by atomic mass is 19.4. The lowest BCUT2D eigenvalue weighted by Gasteiger charge is -2.11. The first-order chi connectivity index (χ1) is 21.1. The maximum absolute atomic E-state index is 13.0. The van der Waals surface area contributed by atoms with Crippen LogP contribution in [-0.4, -0.2) is 71.7 Å². The van der Waals surface area contributed by atoms with Gasteiger partial charge < -0.3 is 24.7 Å². The van der Waals surface area contributed by atoms with Gasteiger partial charge in [0.1, 0.15) is 17.2 Å². The van der Waals surface area contributed by atoms with E-state index in [1.807, 2.05) is 53.2 Å². The van der Waals surface area contributed by atoms with Crippen molar-refractivity contribution in [3.63, 3.8) is 0 Å². The maximum Gasteiger partial charge on any atom is 0.490 e. The number of nitrogens with one attached hydrogen (secondary N) is 1. The predicted molar refractivity (Wildman–Crippen MR) is 144 cm³/mol. The number of amides is 1. The molecule has 5 heterocycles. The van der Waals surface area contributed by atoms with Crippen molar-refractivity contribution in [1.82, 2.24) is 24.1 Å². The minimum Gasteiger partial charge on any atom is -0.480 e. The number of halogens is 6. The zero-order valence-electron chi connectivity index (χ0n) is 22.6. The number of alkyl halides is 6. The first-order valence-corrected chi connectivity index (χ1v) is 12.1. The molecule has 18 heteroatoms. The number of aliphatic carboxylic acids is 2. The van der Waals surface area contributed by atoms with Gasteiger partial charge in [-0.15, -0.1) is 0 Å². The third kappa shape index (κ3) is 8.78. The maximum atomic E-state index is 13.0. The Labute approximate surface area is 248 Å². The van der Waals surface area contributed by atoms with Gasteiger partial charge in [-0.25, -0.2) is 19.3 Å². The summed E-state index contributed by atoms with van der Waals surface area (Å²) in [6, 6.07) is 17.0. The summed E-state index contributed by atoms with van der Waals surface area (Å²) in [5, 5.41) is 21.5. The second kappa shape index (κ2) is 14.0. The molecule has 0 saturated heterocycles. The van der Waals surface area contributed by atoms with Gasteiger partial charge in [0.15, 0.2) is 0 Å². The normalized spacial score (nSPS) is 11.0. The van der Waals surface area contributed by atoms with Crippen LogP contribution in [0.15, 0.2) is 85.6 Å². The first kappa shape index (κ1) is 33.6. The number of rotatable bonds is 5. The minimum absolute atomic E-state index is 0.317. The highest BCUT2D eigenvalue weighted by Gasteiger charge is 2.38. The summed E-state index contributed by atoms with van der Waals surface area (Å²) in [6.07, 6.45) is -1.40. The van der Waals surface area contributed by atoms with Gasteiger partial charge in [0, 0.05) is 35.9 Å². The zero-order chi connectivity index (χ0) is 33.4. The van der Waals surface area contributed by atoms with Crippen LogP contribution in [-0.2, 0) is 9.59 Å². The quantitative estimate of drug-likeness (QED) is 0.222. The number of carbonyl (C=O) groups is 3. The van der Waals surface area contributed by atoms with E-state index in [0.29, 0.717) is 17.3 Å². The van der Waals surface area contributed by atoms with E-state index in [-0.39, 0.29) is 5.91 Å². The van der Waals surface area contributed by atoms with Crippen LogP contribution < -0.4 is 10.1 Å². The standard InChI is InChI=1S/C23H18N6O2.2C2HF3O2/c1-31-23-19(5-3-12-25-23)27-22(30)20-10-13-26-29(20)21-9-8-18-7-6-17(15-28(18)21)16-4-2-11-24-14-16;2*3-2(4,5)1(6)7/h2-15H,1H3,(H,27,30);2*(H,6,7). The van der Waals surface area contributed by atoms with Crippen LogP contribution in [0.5, 0.6) is 5.88 Å². The van der Waals surface area contributed by atoms with Gasteiger partial charge in [0.2, 0.25) is 5.88 Å². The van der Waals surface area contributed by atoms with E-state index in [1.165, 1.54) is 7.11 Å². The lowest BCUT2D eigenvalue weighted by atomic mass is 10.1. The summed E-state index contributed by atoms with van der Waals surface area (Å²) >= 11 is 0. The third-order valence-corrected chi connectivity index (χ3v) is 5.41. The zero-order valence-corrected chi connectivity index (χ0v) is 22.6. The summed E-state index contributed by atoms with van der Waals surface area (Å²) < 4.78 is 72.3. The van der Waals surface area contributed by atoms with E-state index in [1.54, 1.807) is 41.5 Å². The van der Waals surface area contributed by atoms with Crippen molar-refractivity contribution in [2.45, 2.75) is 12.4 Å².